The zero-order valence-electron chi connectivity index (χ0n) is 9.56. The minimum Gasteiger partial charge on any atom is -0.238 e. The van der Waals surface area contributed by atoms with Crippen molar-refractivity contribution in [2.75, 3.05) is 0 Å². The molecule has 1 aromatic heterocycles. The van der Waals surface area contributed by atoms with Crippen LogP contribution >= 0.6 is 0 Å². The van der Waals surface area contributed by atoms with Crippen molar-refractivity contribution in [1.29, 1.82) is 0 Å². The van der Waals surface area contributed by atoms with E-state index in [9.17, 15) is 0 Å². The predicted octanol–water partition coefficient (Wildman–Crippen LogP) is 3.31. The van der Waals surface area contributed by atoms with Crippen LogP contribution in [0.1, 0.15) is 36.9 Å². The lowest BCUT2D eigenvalue weighted by Gasteiger charge is -2.07. The lowest BCUT2D eigenvalue weighted by atomic mass is 10.1. The van der Waals surface area contributed by atoms with Gasteiger partial charge in [-0.05, 0) is 43.0 Å². The number of aryl methyl sites for hydroxylation is 1. The molecule has 0 saturated heterocycles. The fraction of sp³-hybridized carbons (Fsp3) is 0.357. The van der Waals surface area contributed by atoms with Crippen LogP contribution in [0.25, 0.3) is 5.69 Å². The van der Waals surface area contributed by atoms with Crippen molar-refractivity contribution in [2.45, 2.75) is 32.1 Å². The molecule has 16 heavy (non-hydrogen) atoms. The van der Waals surface area contributed by atoms with E-state index in [1.165, 1.54) is 29.8 Å². The summed E-state index contributed by atoms with van der Waals surface area (Å²) in [4.78, 5) is 0. The molecule has 0 aliphatic heterocycles. The molecule has 1 heterocycles. The van der Waals surface area contributed by atoms with Gasteiger partial charge in [-0.25, -0.2) is 4.68 Å². The Balaban J connectivity index is 1.97. The highest BCUT2D eigenvalue weighted by atomic mass is 15.3. The molecule has 1 aliphatic carbocycles. The van der Waals surface area contributed by atoms with Crippen molar-refractivity contribution < 1.29 is 0 Å². The maximum Gasteiger partial charge on any atom is 0.0649 e. The quantitative estimate of drug-likeness (QED) is 0.763. The van der Waals surface area contributed by atoms with Gasteiger partial charge in [0.2, 0.25) is 0 Å². The van der Waals surface area contributed by atoms with E-state index in [0.29, 0.717) is 0 Å². The van der Waals surface area contributed by atoms with Crippen molar-refractivity contribution >= 4 is 0 Å². The van der Waals surface area contributed by atoms with Crippen molar-refractivity contribution in [3.8, 4) is 5.69 Å². The largest absolute Gasteiger partial charge is 0.238 e. The van der Waals surface area contributed by atoms with Crippen LogP contribution < -0.4 is 0 Å². The summed E-state index contributed by atoms with van der Waals surface area (Å²) in [6, 6.07) is 10.8. The molecule has 3 rings (SSSR count). The molecule has 2 aromatic rings. The van der Waals surface area contributed by atoms with Gasteiger partial charge < -0.3 is 0 Å². The molecule has 0 amide bonds. The van der Waals surface area contributed by atoms with E-state index in [4.69, 9.17) is 0 Å². The Bertz CT molecular complexity index is 478. The van der Waals surface area contributed by atoms with Crippen LogP contribution in [-0.2, 0) is 6.42 Å². The number of nitrogens with zero attached hydrogens (tertiary/aromatic N) is 2. The molecule has 0 N–H and O–H groups in total. The first-order chi connectivity index (χ1) is 7.88. The summed E-state index contributed by atoms with van der Waals surface area (Å²) in [5.41, 5.74) is 3.93. The van der Waals surface area contributed by atoms with Gasteiger partial charge in [0, 0.05) is 17.8 Å². The highest BCUT2D eigenvalue weighted by Crippen LogP contribution is 2.40. The van der Waals surface area contributed by atoms with Crippen molar-refractivity contribution in [3.05, 3.63) is 47.8 Å². The van der Waals surface area contributed by atoms with E-state index < -0.39 is 0 Å². The Morgan fingerprint density at radius 3 is 2.56 bits per heavy atom. The summed E-state index contributed by atoms with van der Waals surface area (Å²) < 4.78 is 2.08. The van der Waals surface area contributed by atoms with Crippen LogP contribution in [0.5, 0.6) is 0 Å². The lowest BCUT2D eigenvalue weighted by Crippen LogP contribution is -2.00. The van der Waals surface area contributed by atoms with Gasteiger partial charge in [0.05, 0.1) is 5.69 Å². The van der Waals surface area contributed by atoms with Gasteiger partial charge in [-0.3, -0.25) is 0 Å². The van der Waals surface area contributed by atoms with E-state index in [2.05, 4.69) is 47.0 Å². The average Bonchev–Trinajstić information content (AvgIpc) is 3.07. The molecule has 1 saturated carbocycles. The summed E-state index contributed by atoms with van der Waals surface area (Å²) in [7, 11) is 0. The highest BCUT2D eigenvalue weighted by Gasteiger charge is 2.27. The SMILES string of the molecule is CCc1ccc(-n2nccc2C2CC2)cc1. The molecule has 2 nitrogen and oxygen atoms in total. The number of hydrogen-bond donors (Lipinski definition) is 0. The summed E-state index contributed by atoms with van der Waals surface area (Å²) >= 11 is 0. The van der Waals surface area contributed by atoms with Crippen LogP contribution in [0.15, 0.2) is 36.5 Å². The highest BCUT2D eigenvalue weighted by molar-refractivity contribution is 5.36. The second-order valence-electron chi connectivity index (χ2n) is 4.46. The fourth-order valence-electron chi connectivity index (χ4n) is 2.09. The van der Waals surface area contributed by atoms with Crippen LogP contribution in [0.2, 0.25) is 0 Å². The smallest absolute Gasteiger partial charge is 0.0649 e. The summed E-state index contributed by atoms with van der Waals surface area (Å²) in [6.07, 6.45) is 5.63. The normalized spacial score (nSPS) is 15.3. The molecular weight excluding hydrogens is 196 g/mol. The van der Waals surface area contributed by atoms with E-state index in [0.717, 1.165) is 12.3 Å². The van der Waals surface area contributed by atoms with Crippen LogP contribution in [0.3, 0.4) is 0 Å². The summed E-state index contributed by atoms with van der Waals surface area (Å²) in [6.45, 7) is 2.18. The van der Waals surface area contributed by atoms with E-state index in [1.54, 1.807) is 0 Å². The first-order valence-corrected chi connectivity index (χ1v) is 6.01. The van der Waals surface area contributed by atoms with Gasteiger partial charge in [0.1, 0.15) is 0 Å². The van der Waals surface area contributed by atoms with Crippen LogP contribution in [0.4, 0.5) is 0 Å². The van der Waals surface area contributed by atoms with Crippen molar-refractivity contribution in [2.24, 2.45) is 0 Å². The third-order valence-corrected chi connectivity index (χ3v) is 3.26. The predicted molar refractivity (Wildman–Crippen MR) is 64.9 cm³/mol. The summed E-state index contributed by atoms with van der Waals surface area (Å²) in [5.74, 6) is 0.744. The maximum absolute atomic E-state index is 4.42. The Morgan fingerprint density at radius 1 is 1.19 bits per heavy atom. The molecule has 82 valence electrons. The number of rotatable bonds is 3. The molecule has 1 fully saturated rings. The Kier molecular flexibility index (Phi) is 2.28. The van der Waals surface area contributed by atoms with Gasteiger partial charge in [-0.2, -0.15) is 5.10 Å². The molecule has 1 aliphatic rings. The number of aromatic nitrogens is 2. The van der Waals surface area contributed by atoms with Gasteiger partial charge in [0.25, 0.3) is 0 Å². The Hall–Kier alpha value is -1.57. The Morgan fingerprint density at radius 2 is 1.94 bits per heavy atom. The van der Waals surface area contributed by atoms with E-state index >= 15 is 0 Å². The average molecular weight is 212 g/mol. The fourth-order valence-corrected chi connectivity index (χ4v) is 2.09. The van der Waals surface area contributed by atoms with E-state index in [1.807, 2.05) is 6.20 Å². The third kappa shape index (κ3) is 1.64. The van der Waals surface area contributed by atoms with Crippen LogP contribution in [0, 0.1) is 0 Å². The third-order valence-electron chi connectivity index (χ3n) is 3.26. The van der Waals surface area contributed by atoms with Gasteiger partial charge >= 0.3 is 0 Å². The second kappa shape index (κ2) is 3.78. The molecule has 0 spiro atoms. The minimum atomic E-state index is 0.744. The lowest BCUT2D eigenvalue weighted by molar-refractivity contribution is 0.807. The molecule has 0 radical (unpaired) electrons. The zero-order chi connectivity index (χ0) is 11.0. The topological polar surface area (TPSA) is 17.8 Å². The zero-order valence-corrected chi connectivity index (χ0v) is 9.56. The molecule has 0 bridgehead atoms. The molecule has 1 aromatic carbocycles. The van der Waals surface area contributed by atoms with Gasteiger partial charge in [-0.1, -0.05) is 19.1 Å². The van der Waals surface area contributed by atoms with Gasteiger partial charge in [0.15, 0.2) is 0 Å². The van der Waals surface area contributed by atoms with Crippen molar-refractivity contribution in [1.82, 2.24) is 9.78 Å². The molecular formula is C14H16N2. The Labute approximate surface area is 95.9 Å². The molecule has 0 atom stereocenters. The standard InChI is InChI=1S/C14H16N2/c1-2-11-3-7-13(8-4-11)16-14(9-10-15-16)12-5-6-12/h3-4,7-10,12H,2,5-6H2,1H3. The number of hydrogen-bond acceptors (Lipinski definition) is 1. The second-order valence-corrected chi connectivity index (χ2v) is 4.46. The molecule has 0 unspecified atom stereocenters. The van der Waals surface area contributed by atoms with Crippen molar-refractivity contribution in [3.63, 3.8) is 0 Å². The summed E-state index contributed by atoms with van der Waals surface area (Å²) in [5, 5.41) is 4.42. The minimum absolute atomic E-state index is 0.744. The van der Waals surface area contributed by atoms with E-state index in [-0.39, 0.29) is 0 Å². The first-order valence-electron chi connectivity index (χ1n) is 6.01. The molecule has 2 heteroatoms. The maximum atomic E-state index is 4.42. The van der Waals surface area contributed by atoms with Gasteiger partial charge in [-0.15, -0.1) is 0 Å². The van der Waals surface area contributed by atoms with Crippen LogP contribution in [-0.4, -0.2) is 9.78 Å². The number of benzene rings is 1. The first kappa shape index (κ1) is 9.64. The monoisotopic (exact) mass is 212 g/mol.